The van der Waals surface area contributed by atoms with E-state index in [4.69, 9.17) is 4.74 Å². The van der Waals surface area contributed by atoms with Gasteiger partial charge in [0.1, 0.15) is 5.75 Å². The van der Waals surface area contributed by atoms with Crippen molar-refractivity contribution in [1.29, 1.82) is 0 Å². The Bertz CT molecular complexity index is 508. The van der Waals surface area contributed by atoms with Crippen LogP contribution in [0.4, 0.5) is 0 Å². The number of sulfonamides is 1. The molecule has 1 saturated carbocycles. The number of hydrogen-bond donors (Lipinski definition) is 2. The monoisotopic (exact) mass is 285 g/mol. The molecule has 5 nitrogen and oxygen atoms in total. The smallest absolute Gasteiger partial charge is 0.240 e. The fourth-order valence-corrected chi connectivity index (χ4v) is 2.86. The predicted octanol–water partition coefficient (Wildman–Crippen LogP) is 1.13. The minimum Gasteiger partial charge on any atom is -0.494 e. The molecule has 0 radical (unpaired) electrons. The van der Waals surface area contributed by atoms with Crippen LogP contribution in [0.25, 0.3) is 0 Å². The summed E-state index contributed by atoms with van der Waals surface area (Å²) in [6.45, 7) is 2.48. The Hall–Kier alpha value is -1.11. The Kier molecular flexibility index (Phi) is 4.44. The summed E-state index contributed by atoms with van der Waals surface area (Å²) in [7, 11) is -3.56. The molecule has 1 aliphatic rings. The van der Waals surface area contributed by atoms with Gasteiger partial charge in [0, 0.05) is 6.54 Å². The fraction of sp³-hybridized carbons (Fsp3) is 0.538. The number of rotatable bonds is 7. The summed E-state index contributed by atoms with van der Waals surface area (Å²) in [4.78, 5) is 0.180. The first-order valence-corrected chi connectivity index (χ1v) is 7.92. The Morgan fingerprint density at radius 2 is 2.00 bits per heavy atom. The molecular formula is C13H19NO4S. The molecule has 0 aromatic heterocycles. The molecule has 1 aromatic carbocycles. The first-order valence-electron chi connectivity index (χ1n) is 6.43. The molecule has 0 amide bonds. The number of ether oxygens (including phenoxy) is 1. The number of nitrogens with one attached hydrogen (secondary N) is 1. The van der Waals surface area contributed by atoms with E-state index in [1.54, 1.807) is 12.1 Å². The Labute approximate surface area is 113 Å². The van der Waals surface area contributed by atoms with E-state index >= 15 is 0 Å². The lowest BCUT2D eigenvalue weighted by Gasteiger charge is -2.11. The van der Waals surface area contributed by atoms with Gasteiger partial charge in [0.15, 0.2) is 0 Å². The van der Waals surface area contributed by atoms with Gasteiger partial charge in [0.2, 0.25) is 10.0 Å². The Morgan fingerprint density at radius 3 is 2.53 bits per heavy atom. The van der Waals surface area contributed by atoms with Crippen molar-refractivity contribution in [2.45, 2.75) is 30.8 Å². The minimum atomic E-state index is -3.56. The van der Waals surface area contributed by atoms with E-state index in [0.29, 0.717) is 12.4 Å². The molecule has 0 heterocycles. The molecule has 0 unspecified atom stereocenters. The van der Waals surface area contributed by atoms with Crippen molar-refractivity contribution in [2.75, 3.05) is 13.2 Å². The molecule has 0 saturated heterocycles. The average molecular weight is 285 g/mol. The molecule has 6 heteroatoms. The molecule has 0 spiro atoms. The molecule has 1 atom stereocenters. The number of aliphatic hydroxyl groups is 1. The third-order valence-corrected chi connectivity index (χ3v) is 4.53. The van der Waals surface area contributed by atoms with Gasteiger partial charge in [-0.15, -0.1) is 0 Å². The van der Waals surface area contributed by atoms with E-state index in [0.717, 1.165) is 12.8 Å². The van der Waals surface area contributed by atoms with Crippen LogP contribution in [0.1, 0.15) is 19.8 Å². The summed E-state index contributed by atoms with van der Waals surface area (Å²) in [6.07, 6.45) is 1.37. The van der Waals surface area contributed by atoms with E-state index in [1.807, 2.05) is 6.92 Å². The largest absolute Gasteiger partial charge is 0.494 e. The lowest BCUT2D eigenvalue weighted by molar-refractivity contribution is 0.155. The Morgan fingerprint density at radius 1 is 1.37 bits per heavy atom. The van der Waals surface area contributed by atoms with Crippen LogP contribution in [-0.2, 0) is 10.0 Å². The summed E-state index contributed by atoms with van der Waals surface area (Å²) >= 11 is 0. The van der Waals surface area contributed by atoms with Crippen molar-refractivity contribution in [3.8, 4) is 5.75 Å². The second-order valence-electron chi connectivity index (χ2n) is 4.66. The van der Waals surface area contributed by atoms with Crippen LogP contribution in [-0.4, -0.2) is 32.8 Å². The van der Waals surface area contributed by atoms with Crippen LogP contribution in [0, 0.1) is 5.92 Å². The minimum absolute atomic E-state index is 0.0697. The van der Waals surface area contributed by atoms with E-state index in [9.17, 15) is 13.5 Å². The molecule has 2 rings (SSSR count). The highest BCUT2D eigenvalue weighted by Gasteiger charge is 2.30. The maximum absolute atomic E-state index is 12.0. The van der Waals surface area contributed by atoms with Gasteiger partial charge in [0.25, 0.3) is 0 Å². The third kappa shape index (κ3) is 3.92. The van der Waals surface area contributed by atoms with Gasteiger partial charge in [-0.1, -0.05) is 0 Å². The molecular weight excluding hydrogens is 266 g/mol. The quantitative estimate of drug-likeness (QED) is 0.787. The SMILES string of the molecule is CCOc1ccc(S(=O)(=O)NC[C@@H](O)C2CC2)cc1. The lowest BCUT2D eigenvalue weighted by Crippen LogP contribution is -2.33. The normalized spacial score (nSPS) is 17.2. The molecule has 0 bridgehead atoms. The van der Waals surface area contributed by atoms with Crippen LogP contribution < -0.4 is 9.46 Å². The maximum Gasteiger partial charge on any atom is 0.240 e. The van der Waals surface area contributed by atoms with E-state index < -0.39 is 16.1 Å². The summed E-state index contributed by atoms with van der Waals surface area (Å²) in [5.41, 5.74) is 0. The van der Waals surface area contributed by atoms with Crippen molar-refractivity contribution in [2.24, 2.45) is 5.92 Å². The molecule has 1 fully saturated rings. The van der Waals surface area contributed by atoms with Crippen LogP contribution in [0.15, 0.2) is 29.2 Å². The van der Waals surface area contributed by atoms with E-state index in [-0.39, 0.29) is 17.4 Å². The molecule has 1 aliphatic carbocycles. The third-order valence-electron chi connectivity index (χ3n) is 3.09. The number of hydrogen-bond acceptors (Lipinski definition) is 4. The van der Waals surface area contributed by atoms with Crippen LogP contribution in [0.5, 0.6) is 5.75 Å². The summed E-state index contributed by atoms with van der Waals surface area (Å²) in [5, 5.41) is 9.67. The summed E-state index contributed by atoms with van der Waals surface area (Å²) in [5.74, 6) is 0.891. The lowest BCUT2D eigenvalue weighted by atomic mass is 10.2. The highest BCUT2D eigenvalue weighted by molar-refractivity contribution is 7.89. The number of aliphatic hydroxyl groups excluding tert-OH is 1. The van der Waals surface area contributed by atoms with Gasteiger partial charge in [-0.25, -0.2) is 13.1 Å². The molecule has 19 heavy (non-hydrogen) atoms. The molecule has 2 N–H and O–H groups in total. The van der Waals surface area contributed by atoms with E-state index in [1.165, 1.54) is 12.1 Å². The van der Waals surface area contributed by atoms with Crippen molar-refractivity contribution in [3.05, 3.63) is 24.3 Å². The average Bonchev–Trinajstić information content (AvgIpc) is 3.21. The fourth-order valence-electron chi connectivity index (χ4n) is 1.81. The highest BCUT2D eigenvalue weighted by atomic mass is 32.2. The zero-order valence-electron chi connectivity index (χ0n) is 10.9. The predicted molar refractivity (Wildman–Crippen MR) is 71.5 cm³/mol. The highest BCUT2D eigenvalue weighted by Crippen LogP contribution is 2.32. The summed E-state index contributed by atoms with van der Waals surface area (Å²) < 4.78 is 31.7. The molecule has 1 aromatic rings. The van der Waals surface area contributed by atoms with Crippen LogP contribution in [0.3, 0.4) is 0 Å². The zero-order valence-corrected chi connectivity index (χ0v) is 11.7. The van der Waals surface area contributed by atoms with Gasteiger partial charge in [0.05, 0.1) is 17.6 Å². The van der Waals surface area contributed by atoms with Gasteiger partial charge < -0.3 is 9.84 Å². The van der Waals surface area contributed by atoms with Crippen molar-refractivity contribution in [1.82, 2.24) is 4.72 Å². The standard InChI is InChI=1S/C13H19NO4S/c1-2-18-11-5-7-12(8-6-11)19(16,17)14-9-13(15)10-3-4-10/h5-8,10,13-15H,2-4,9H2,1H3/t13-/m1/s1. The zero-order chi connectivity index (χ0) is 13.9. The van der Waals surface area contributed by atoms with Crippen molar-refractivity contribution >= 4 is 10.0 Å². The van der Waals surface area contributed by atoms with Crippen molar-refractivity contribution in [3.63, 3.8) is 0 Å². The second-order valence-corrected chi connectivity index (χ2v) is 6.43. The van der Waals surface area contributed by atoms with Crippen LogP contribution >= 0.6 is 0 Å². The number of benzene rings is 1. The first-order chi connectivity index (χ1) is 9.03. The maximum atomic E-state index is 12.0. The molecule has 106 valence electrons. The summed E-state index contributed by atoms with van der Waals surface area (Å²) in [6, 6.07) is 6.23. The van der Waals surface area contributed by atoms with E-state index in [2.05, 4.69) is 4.72 Å². The second kappa shape index (κ2) is 5.90. The van der Waals surface area contributed by atoms with Gasteiger partial charge in [-0.3, -0.25) is 0 Å². The molecule has 0 aliphatic heterocycles. The van der Waals surface area contributed by atoms with Crippen molar-refractivity contribution < 1.29 is 18.3 Å². The first kappa shape index (κ1) is 14.3. The van der Waals surface area contributed by atoms with Crippen LogP contribution in [0.2, 0.25) is 0 Å². The van der Waals surface area contributed by atoms with Gasteiger partial charge >= 0.3 is 0 Å². The topological polar surface area (TPSA) is 75.6 Å². The van der Waals surface area contributed by atoms with Gasteiger partial charge in [-0.2, -0.15) is 0 Å². The Balaban J connectivity index is 1.97. The van der Waals surface area contributed by atoms with Gasteiger partial charge in [-0.05, 0) is 49.9 Å².